The van der Waals surface area contributed by atoms with Gasteiger partial charge in [-0.1, -0.05) is 6.07 Å². The Morgan fingerprint density at radius 2 is 2.00 bits per heavy atom. The van der Waals surface area contributed by atoms with Crippen LogP contribution in [-0.2, 0) is 6.54 Å². The fraction of sp³-hybridized carbons (Fsp3) is 0.308. The predicted molar refractivity (Wildman–Crippen MR) is 64.9 cm³/mol. The highest BCUT2D eigenvalue weighted by Gasteiger charge is 2.15. The number of benzene rings is 1. The molecule has 2 N–H and O–H groups in total. The zero-order valence-electron chi connectivity index (χ0n) is 10.3. The van der Waals surface area contributed by atoms with E-state index in [0.29, 0.717) is 6.54 Å². The first kappa shape index (κ1) is 12.7. The smallest absolute Gasteiger partial charge is 0.130 e. The summed E-state index contributed by atoms with van der Waals surface area (Å²) in [4.78, 5) is 0. The first-order valence-corrected chi connectivity index (χ1v) is 5.75. The van der Waals surface area contributed by atoms with Crippen molar-refractivity contribution in [1.29, 1.82) is 0 Å². The van der Waals surface area contributed by atoms with E-state index in [1.807, 2.05) is 6.92 Å². The molecule has 0 saturated carbocycles. The van der Waals surface area contributed by atoms with Crippen LogP contribution in [0.5, 0.6) is 0 Å². The fourth-order valence-electron chi connectivity index (χ4n) is 1.84. The number of hydrogen-bond acceptors (Lipinski definition) is 2. The second-order valence-electron chi connectivity index (χ2n) is 4.26. The summed E-state index contributed by atoms with van der Waals surface area (Å²) in [5, 5.41) is 9.79. The van der Waals surface area contributed by atoms with Gasteiger partial charge in [0.25, 0.3) is 0 Å². The molecule has 0 radical (unpaired) electrons. The molecule has 1 heterocycles. The zero-order valence-corrected chi connectivity index (χ0v) is 10.3. The lowest BCUT2D eigenvalue weighted by Crippen LogP contribution is -2.20. The van der Waals surface area contributed by atoms with Crippen LogP contribution in [0, 0.1) is 18.6 Å². The van der Waals surface area contributed by atoms with Crippen molar-refractivity contribution >= 4 is 0 Å². The van der Waals surface area contributed by atoms with Crippen molar-refractivity contribution in [3.05, 3.63) is 52.9 Å². The minimum atomic E-state index is -0.529. The van der Waals surface area contributed by atoms with E-state index in [9.17, 15) is 8.78 Å². The van der Waals surface area contributed by atoms with Crippen molar-refractivity contribution in [2.24, 2.45) is 0 Å². The monoisotopic (exact) mass is 251 g/mol. The third-order valence-electron chi connectivity index (χ3n) is 2.97. The average molecular weight is 251 g/mol. The van der Waals surface area contributed by atoms with Gasteiger partial charge >= 0.3 is 0 Å². The number of aromatic amines is 1. The van der Waals surface area contributed by atoms with Gasteiger partial charge in [-0.3, -0.25) is 5.10 Å². The summed E-state index contributed by atoms with van der Waals surface area (Å²) in [6.45, 7) is 4.15. The van der Waals surface area contributed by atoms with Crippen molar-refractivity contribution in [2.45, 2.75) is 26.4 Å². The van der Waals surface area contributed by atoms with Gasteiger partial charge in [-0.25, -0.2) is 8.78 Å². The van der Waals surface area contributed by atoms with Crippen molar-refractivity contribution in [2.75, 3.05) is 0 Å². The van der Waals surface area contributed by atoms with Crippen molar-refractivity contribution < 1.29 is 8.78 Å². The molecule has 2 aromatic rings. The minimum Gasteiger partial charge on any atom is -0.306 e. The van der Waals surface area contributed by atoms with Gasteiger partial charge < -0.3 is 5.32 Å². The molecule has 3 nitrogen and oxygen atoms in total. The Bertz CT molecular complexity index is 517. The second-order valence-corrected chi connectivity index (χ2v) is 4.26. The molecule has 0 aliphatic rings. The van der Waals surface area contributed by atoms with E-state index < -0.39 is 17.7 Å². The molecule has 1 atom stereocenters. The lowest BCUT2D eigenvalue weighted by molar-refractivity contribution is 0.487. The molecule has 18 heavy (non-hydrogen) atoms. The zero-order chi connectivity index (χ0) is 13.1. The maximum absolute atomic E-state index is 13.5. The molecular weight excluding hydrogens is 236 g/mol. The Hall–Kier alpha value is -1.75. The van der Waals surface area contributed by atoms with Gasteiger partial charge in [0.1, 0.15) is 11.6 Å². The van der Waals surface area contributed by atoms with Crippen LogP contribution in [0.4, 0.5) is 8.78 Å². The van der Waals surface area contributed by atoms with E-state index in [-0.39, 0.29) is 5.56 Å². The van der Waals surface area contributed by atoms with E-state index in [4.69, 9.17) is 0 Å². The SMILES string of the molecule is Cc1[nH]ncc1CNC(C)c1c(F)cccc1F. The Kier molecular flexibility index (Phi) is 3.72. The minimum absolute atomic E-state index is 0.0682. The maximum Gasteiger partial charge on any atom is 0.130 e. The average Bonchev–Trinajstić information content (AvgIpc) is 2.72. The molecule has 0 aliphatic heterocycles. The van der Waals surface area contributed by atoms with Gasteiger partial charge in [0.05, 0.1) is 6.20 Å². The van der Waals surface area contributed by atoms with Crippen LogP contribution in [0.25, 0.3) is 0 Å². The fourth-order valence-corrected chi connectivity index (χ4v) is 1.84. The number of rotatable bonds is 4. The van der Waals surface area contributed by atoms with Gasteiger partial charge in [-0.05, 0) is 26.0 Å². The summed E-state index contributed by atoms with van der Waals surface area (Å²) in [6, 6.07) is 3.49. The lowest BCUT2D eigenvalue weighted by Gasteiger charge is -2.15. The Morgan fingerprint density at radius 3 is 2.56 bits per heavy atom. The number of nitrogens with zero attached hydrogens (tertiary/aromatic N) is 1. The topological polar surface area (TPSA) is 40.7 Å². The first-order chi connectivity index (χ1) is 8.59. The van der Waals surface area contributed by atoms with Crippen LogP contribution in [0.2, 0.25) is 0 Å². The van der Waals surface area contributed by atoms with E-state index in [1.54, 1.807) is 13.1 Å². The van der Waals surface area contributed by atoms with Crippen LogP contribution < -0.4 is 5.32 Å². The summed E-state index contributed by atoms with van der Waals surface area (Å²) in [6.07, 6.45) is 1.70. The van der Waals surface area contributed by atoms with E-state index in [1.165, 1.54) is 18.2 Å². The molecule has 1 unspecified atom stereocenters. The van der Waals surface area contributed by atoms with Gasteiger partial charge in [-0.15, -0.1) is 0 Å². The number of aryl methyl sites for hydroxylation is 1. The highest BCUT2D eigenvalue weighted by Crippen LogP contribution is 2.20. The molecule has 0 fully saturated rings. The predicted octanol–water partition coefficient (Wildman–Crippen LogP) is 2.85. The standard InChI is InChI=1S/C13H15F2N3/c1-8-10(7-17-18-8)6-16-9(2)13-11(14)4-3-5-12(13)15/h3-5,7,9,16H,6H2,1-2H3,(H,17,18). The molecule has 0 spiro atoms. The molecule has 5 heteroatoms. The molecule has 96 valence electrons. The number of nitrogens with one attached hydrogen (secondary N) is 2. The molecule has 0 saturated heterocycles. The Morgan fingerprint density at radius 1 is 1.33 bits per heavy atom. The molecule has 0 amide bonds. The van der Waals surface area contributed by atoms with Crippen LogP contribution >= 0.6 is 0 Å². The van der Waals surface area contributed by atoms with E-state index in [0.717, 1.165) is 11.3 Å². The van der Waals surface area contributed by atoms with Crippen LogP contribution in [-0.4, -0.2) is 10.2 Å². The van der Waals surface area contributed by atoms with Crippen LogP contribution in [0.15, 0.2) is 24.4 Å². The number of halogens is 2. The normalized spacial score (nSPS) is 12.7. The van der Waals surface area contributed by atoms with Crippen LogP contribution in [0.3, 0.4) is 0 Å². The largest absolute Gasteiger partial charge is 0.306 e. The summed E-state index contributed by atoms with van der Waals surface area (Å²) < 4.78 is 27.1. The third-order valence-corrected chi connectivity index (χ3v) is 2.97. The molecule has 2 rings (SSSR count). The molecule has 1 aromatic carbocycles. The van der Waals surface area contributed by atoms with Gasteiger partial charge in [-0.2, -0.15) is 5.10 Å². The van der Waals surface area contributed by atoms with E-state index in [2.05, 4.69) is 15.5 Å². The Labute approximate surface area is 104 Å². The molecule has 1 aromatic heterocycles. The first-order valence-electron chi connectivity index (χ1n) is 5.75. The summed E-state index contributed by atoms with van der Waals surface area (Å²) >= 11 is 0. The number of H-pyrrole nitrogens is 1. The molecular formula is C13H15F2N3. The highest BCUT2D eigenvalue weighted by atomic mass is 19.1. The second kappa shape index (κ2) is 5.27. The Balaban J connectivity index is 2.08. The number of aromatic nitrogens is 2. The summed E-state index contributed by atoms with van der Waals surface area (Å²) in [5.41, 5.74) is 2.00. The van der Waals surface area contributed by atoms with E-state index >= 15 is 0 Å². The van der Waals surface area contributed by atoms with Crippen LogP contribution in [0.1, 0.15) is 29.8 Å². The lowest BCUT2D eigenvalue weighted by atomic mass is 10.1. The maximum atomic E-state index is 13.5. The summed E-state index contributed by atoms with van der Waals surface area (Å²) in [7, 11) is 0. The molecule has 0 bridgehead atoms. The van der Waals surface area contributed by atoms with Crippen molar-refractivity contribution in [3.63, 3.8) is 0 Å². The highest BCUT2D eigenvalue weighted by molar-refractivity contribution is 5.23. The molecule has 0 aliphatic carbocycles. The third kappa shape index (κ3) is 2.56. The van der Waals surface area contributed by atoms with Crippen molar-refractivity contribution in [3.8, 4) is 0 Å². The van der Waals surface area contributed by atoms with Gasteiger partial charge in [0.2, 0.25) is 0 Å². The number of hydrogen-bond donors (Lipinski definition) is 2. The van der Waals surface area contributed by atoms with Gasteiger partial charge in [0, 0.05) is 29.4 Å². The summed E-state index contributed by atoms with van der Waals surface area (Å²) in [5.74, 6) is -1.06. The quantitative estimate of drug-likeness (QED) is 0.877. The van der Waals surface area contributed by atoms with Crippen molar-refractivity contribution in [1.82, 2.24) is 15.5 Å². The van der Waals surface area contributed by atoms with Gasteiger partial charge in [0.15, 0.2) is 0 Å².